The third-order valence-electron chi connectivity index (χ3n) is 6.65. The predicted molar refractivity (Wildman–Crippen MR) is 126 cm³/mol. The van der Waals surface area contributed by atoms with Crippen LogP contribution < -0.4 is 5.43 Å². The largest absolute Gasteiger partial charge is 0.388 e. The van der Waals surface area contributed by atoms with Crippen molar-refractivity contribution in [1.82, 2.24) is 9.47 Å². The van der Waals surface area contributed by atoms with E-state index in [1.807, 2.05) is 88.3 Å². The lowest BCUT2D eigenvalue weighted by Crippen LogP contribution is -2.41. The number of hydrogen-bond acceptors (Lipinski definition) is 3. The molecule has 32 heavy (non-hydrogen) atoms. The van der Waals surface area contributed by atoms with Crippen molar-refractivity contribution in [3.05, 3.63) is 94.6 Å². The van der Waals surface area contributed by atoms with E-state index in [1.165, 1.54) is 0 Å². The number of piperidine rings is 1. The molecule has 0 spiro atoms. The van der Waals surface area contributed by atoms with E-state index in [9.17, 15) is 14.7 Å². The van der Waals surface area contributed by atoms with Gasteiger partial charge in [-0.25, -0.2) is 0 Å². The molecule has 0 unspecified atom stereocenters. The van der Waals surface area contributed by atoms with Crippen LogP contribution in [0.5, 0.6) is 0 Å². The molecular formula is C27H26N2O3. The SMILES string of the molecule is O=C(Cn1c2ccccc2c(=O)c2ccccc21)N1CCC([C@@H](O)c2ccccc2)CC1. The summed E-state index contributed by atoms with van der Waals surface area (Å²) in [5.41, 5.74) is 2.48. The first-order valence-electron chi connectivity index (χ1n) is 11.1. The fourth-order valence-corrected chi connectivity index (χ4v) is 4.87. The first-order valence-corrected chi connectivity index (χ1v) is 11.1. The van der Waals surface area contributed by atoms with E-state index in [0.29, 0.717) is 23.9 Å². The minimum atomic E-state index is -0.500. The fourth-order valence-electron chi connectivity index (χ4n) is 4.87. The van der Waals surface area contributed by atoms with E-state index in [0.717, 1.165) is 29.4 Å². The van der Waals surface area contributed by atoms with Crippen molar-refractivity contribution < 1.29 is 9.90 Å². The fraction of sp³-hybridized carbons (Fsp3) is 0.259. The van der Waals surface area contributed by atoms with Gasteiger partial charge in [0, 0.05) is 23.9 Å². The Hall–Kier alpha value is -3.44. The van der Waals surface area contributed by atoms with Gasteiger partial charge in [-0.1, -0.05) is 54.6 Å². The van der Waals surface area contributed by atoms with Crippen LogP contribution in [-0.4, -0.2) is 33.6 Å². The van der Waals surface area contributed by atoms with Gasteiger partial charge in [0.05, 0.1) is 17.1 Å². The quantitative estimate of drug-likeness (QED) is 0.499. The van der Waals surface area contributed by atoms with Crippen LogP contribution in [0, 0.1) is 5.92 Å². The number of likely N-dealkylation sites (tertiary alicyclic amines) is 1. The van der Waals surface area contributed by atoms with Gasteiger partial charge in [-0.15, -0.1) is 0 Å². The number of fused-ring (bicyclic) bond motifs is 2. The number of carbonyl (C=O) groups is 1. The second-order valence-electron chi connectivity index (χ2n) is 8.52. The molecule has 1 aromatic heterocycles. The minimum Gasteiger partial charge on any atom is -0.388 e. The van der Waals surface area contributed by atoms with Crippen LogP contribution in [0.15, 0.2) is 83.7 Å². The number of aromatic nitrogens is 1. The minimum absolute atomic E-state index is 0.00406. The predicted octanol–water partition coefficient (Wildman–Crippen LogP) is 4.13. The molecule has 0 saturated carbocycles. The number of hydrogen-bond donors (Lipinski definition) is 1. The highest BCUT2D eigenvalue weighted by atomic mass is 16.3. The number of para-hydroxylation sites is 2. The van der Waals surface area contributed by atoms with E-state index in [1.54, 1.807) is 0 Å². The highest BCUT2D eigenvalue weighted by molar-refractivity contribution is 5.94. The van der Waals surface area contributed by atoms with Crippen molar-refractivity contribution in [2.45, 2.75) is 25.5 Å². The first-order chi connectivity index (χ1) is 15.6. The first kappa shape index (κ1) is 20.5. The standard InChI is InChI=1S/C27H26N2O3/c30-25(28-16-14-20(15-17-28)26(31)19-8-2-1-3-9-19)18-29-23-12-6-4-10-21(23)27(32)22-11-5-7-13-24(22)29/h1-13,20,26,31H,14-18H2/t26-/m0/s1. The van der Waals surface area contributed by atoms with Gasteiger partial charge in [0.15, 0.2) is 5.43 Å². The number of benzene rings is 3. The molecule has 5 rings (SSSR count). The molecule has 5 heteroatoms. The summed E-state index contributed by atoms with van der Waals surface area (Å²) in [6.45, 7) is 1.44. The van der Waals surface area contributed by atoms with Gasteiger partial charge in [0.25, 0.3) is 0 Å². The van der Waals surface area contributed by atoms with Crippen molar-refractivity contribution in [2.75, 3.05) is 13.1 Å². The summed E-state index contributed by atoms with van der Waals surface area (Å²) in [5.74, 6) is 0.187. The zero-order valence-electron chi connectivity index (χ0n) is 17.9. The molecule has 1 N–H and O–H groups in total. The van der Waals surface area contributed by atoms with Gasteiger partial charge in [-0.2, -0.15) is 0 Å². The van der Waals surface area contributed by atoms with Crippen LogP contribution in [0.4, 0.5) is 0 Å². The molecule has 4 aromatic rings. The molecular weight excluding hydrogens is 400 g/mol. The monoisotopic (exact) mass is 426 g/mol. The van der Waals surface area contributed by atoms with Gasteiger partial charge in [-0.05, 0) is 48.6 Å². The molecule has 1 aliphatic heterocycles. The summed E-state index contributed by atoms with van der Waals surface area (Å²) in [5, 5.41) is 12.0. The highest BCUT2D eigenvalue weighted by Gasteiger charge is 2.28. The molecule has 162 valence electrons. The van der Waals surface area contributed by atoms with Crippen LogP contribution >= 0.6 is 0 Å². The second-order valence-corrected chi connectivity index (χ2v) is 8.52. The molecule has 1 amide bonds. The van der Waals surface area contributed by atoms with Crippen molar-refractivity contribution >= 4 is 27.7 Å². The number of rotatable bonds is 4. The van der Waals surface area contributed by atoms with Crippen LogP contribution in [0.3, 0.4) is 0 Å². The van der Waals surface area contributed by atoms with Crippen molar-refractivity contribution in [1.29, 1.82) is 0 Å². The zero-order chi connectivity index (χ0) is 22.1. The Morgan fingerprint density at radius 3 is 1.97 bits per heavy atom. The topological polar surface area (TPSA) is 62.5 Å². The van der Waals surface area contributed by atoms with E-state index in [-0.39, 0.29) is 23.8 Å². The Kier molecular flexibility index (Phi) is 5.50. The van der Waals surface area contributed by atoms with Crippen molar-refractivity contribution in [3.8, 4) is 0 Å². The molecule has 1 saturated heterocycles. The number of aliphatic hydroxyl groups is 1. The van der Waals surface area contributed by atoms with E-state index < -0.39 is 6.10 Å². The van der Waals surface area contributed by atoms with E-state index in [4.69, 9.17) is 0 Å². The molecule has 1 fully saturated rings. The number of pyridine rings is 1. The lowest BCUT2D eigenvalue weighted by molar-refractivity contribution is -0.133. The number of nitrogens with zero attached hydrogens (tertiary/aromatic N) is 2. The maximum atomic E-state index is 13.3. The molecule has 1 atom stereocenters. The third-order valence-corrected chi connectivity index (χ3v) is 6.65. The Morgan fingerprint density at radius 2 is 1.38 bits per heavy atom. The van der Waals surface area contributed by atoms with Gasteiger partial charge in [0.2, 0.25) is 5.91 Å². The molecule has 3 aromatic carbocycles. The summed E-state index contributed by atoms with van der Waals surface area (Å²) in [6, 6.07) is 24.7. The van der Waals surface area contributed by atoms with Gasteiger partial charge >= 0.3 is 0 Å². The Morgan fingerprint density at radius 1 is 0.844 bits per heavy atom. The molecule has 2 heterocycles. The Bertz CT molecular complexity index is 1260. The van der Waals surface area contributed by atoms with E-state index in [2.05, 4.69) is 0 Å². The van der Waals surface area contributed by atoms with Crippen LogP contribution in [-0.2, 0) is 11.3 Å². The Balaban J connectivity index is 1.37. The average molecular weight is 427 g/mol. The van der Waals surface area contributed by atoms with E-state index >= 15 is 0 Å². The van der Waals surface area contributed by atoms with Gasteiger partial charge < -0.3 is 14.6 Å². The summed E-state index contributed by atoms with van der Waals surface area (Å²) < 4.78 is 1.96. The van der Waals surface area contributed by atoms with Gasteiger partial charge in [-0.3, -0.25) is 9.59 Å². The lowest BCUT2D eigenvalue weighted by atomic mass is 9.87. The van der Waals surface area contributed by atoms with Crippen molar-refractivity contribution in [2.24, 2.45) is 5.92 Å². The number of aliphatic hydroxyl groups excluding tert-OH is 1. The van der Waals surface area contributed by atoms with Crippen LogP contribution in [0.1, 0.15) is 24.5 Å². The summed E-state index contributed by atoms with van der Waals surface area (Å²) in [4.78, 5) is 28.0. The maximum Gasteiger partial charge on any atom is 0.242 e. The van der Waals surface area contributed by atoms with Crippen LogP contribution in [0.2, 0.25) is 0 Å². The van der Waals surface area contributed by atoms with Crippen LogP contribution in [0.25, 0.3) is 21.8 Å². The third kappa shape index (κ3) is 3.69. The van der Waals surface area contributed by atoms with Crippen molar-refractivity contribution in [3.63, 3.8) is 0 Å². The molecule has 1 aliphatic rings. The number of amides is 1. The molecule has 0 aliphatic carbocycles. The highest BCUT2D eigenvalue weighted by Crippen LogP contribution is 2.31. The smallest absolute Gasteiger partial charge is 0.242 e. The number of carbonyl (C=O) groups excluding carboxylic acids is 1. The second kappa shape index (κ2) is 8.60. The maximum absolute atomic E-state index is 13.3. The summed E-state index contributed by atoms with van der Waals surface area (Å²) in [6.07, 6.45) is 1.04. The summed E-state index contributed by atoms with van der Waals surface area (Å²) in [7, 11) is 0. The molecule has 0 radical (unpaired) electrons. The molecule has 0 bridgehead atoms. The zero-order valence-corrected chi connectivity index (χ0v) is 17.9. The summed E-state index contributed by atoms with van der Waals surface area (Å²) >= 11 is 0. The van der Waals surface area contributed by atoms with Gasteiger partial charge in [0.1, 0.15) is 6.54 Å². The normalized spacial score (nSPS) is 15.8. The lowest BCUT2D eigenvalue weighted by Gasteiger charge is -2.34. The average Bonchev–Trinajstić information content (AvgIpc) is 2.86. The Labute approximate surface area is 186 Å². The molecule has 5 nitrogen and oxygen atoms in total.